The Bertz CT molecular complexity index is 5220. The van der Waals surface area contributed by atoms with Crippen LogP contribution >= 0.6 is 11.5 Å². The third-order valence-electron chi connectivity index (χ3n) is 18.4. The van der Waals surface area contributed by atoms with Crippen LogP contribution in [0.25, 0.3) is 21.9 Å². The van der Waals surface area contributed by atoms with Crippen molar-refractivity contribution in [3.05, 3.63) is 213 Å². The van der Waals surface area contributed by atoms with Crippen molar-refractivity contribution in [2.45, 2.75) is 78.8 Å². The molecule has 34 heteroatoms. The number of para-hydroxylation sites is 1. The summed E-state index contributed by atoms with van der Waals surface area (Å²) in [4.78, 5) is 80.8. The molecule has 8 heterocycles. The molecule has 3 fully saturated rings. The van der Waals surface area contributed by atoms with Crippen molar-refractivity contribution >= 4 is 121 Å². The number of amides is 3. The number of aromatic nitrogens is 10. The van der Waals surface area contributed by atoms with Crippen LogP contribution in [0.3, 0.4) is 0 Å². The van der Waals surface area contributed by atoms with E-state index >= 15 is 0 Å². The van der Waals surface area contributed by atoms with Crippen LogP contribution in [-0.2, 0) is 49.2 Å². The van der Waals surface area contributed by atoms with Gasteiger partial charge in [-0.3, -0.25) is 33.3 Å². The number of rotatable bonds is 21. The predicted molar refractivity (Wildman–Crippen MR) is 411 cm³/mol. The maximum absolute atomic E-state index is 14.0. The van der Waals surface area contributed by atoms with Gasteiger partial charge in [-0.2, -0.15) is 4.37 Å². The molecule has 0 saturated carbocycles. The number of sulfonamides is 3. The van der Waals surface area contributed by atoms with Gasteiger partial charge in [-0.1, -0.05) is 53.7 Å². The number of nitrogens with zero attached hydrogens (tertiary/aromatic N) is 15. The average Bonchev–Trinajstić information content (AvgIpc) is 1.66. The van der Waals surface area contributed by atoms with E-state index in [1.807, 2.05) is 84.3 Å². The van der Waals surface area contributed by atoms with Crippen LogP contribution in [0.4, 0.5) is 38.2 Å². The summed E-state index contributed by atoms with van der Waals surface area (Å²) in [6.07, 6.45) is 10.2. The second-order valence-corrected chi connectivity index (χ2v) is 31.1. The first-order valence-electron chi connectivity index (χ1n) is 34.0. The van der Waals surface area contributed by atoms with Crippen molar-refractivity contribution in [1.29, 1.82) is 0 Å². The van der Waals surface area contributed by atoms with E-state index in [1.54, 1.807) is 100 Å². The van der Waals surface area contributed by atoms with Crippen molar-refractivity contribution in [3.8, 4) is 0 Å². The third kappa shape index (κ3) is 18.0. The van der Waals surface area contributed by atoms with Gasteiger partial charge < -0.3 is 34.4 Å². The Hall–Kier alpha value is -11.4. The van der Waals surface area contributed by atoms with Crippen molar-refractivity contribution in [2.24, 2.45) is 0 Å². The normalized spacial score (nSPS) is 15.3. The fraction of sp³-hybridized carbons (Fsp3) is 0.278. The third-order valence-corrected chi connectivity index (χ3v) is 23.2. The maximum Gasteiger partial charge on any atom is 0.263 e. The first-order valence-corrected chi connectivity index (χ1v) is 39.2. The lowest BCUT2D eigenvalue weighted by Gasteiger charge is -2.37. The highest BCUT2D eigenvalue weighted by molar-refractivity contribution is 7.93. The molecule has 6 aromatic carbocycles. The van der Waals surface area contributed by atoms with Crippen LogP contribution in [0, 0.1) is 5.82 Å². The van der Waals surface area contributed by atoms with Gasteiger partial charge in [-0.25, -0.2) is 59.2 Å². The number of carbonyl (C=O) groups excluding carboxylic acids is 4. The number of carbonyl (C=O) groups is 4. The number of nitrogens with one attached hydrogen (secondary N) is 4. The molecular formula is C72H86FN19O10S4. The standard InChI is InChI=1S/C25H27N5O4S.C24H25FN6O3S2.C23H24N8O3S.5H2/c1-19(31)17-23(20-5-3-2-4-6-20)25(32)30-15-13-29(14-16-30)21-7-9-22(10-8-21)35(33,34)28-24-11-12-26-18-27-24;1-16(31-14-11-20-21(25)3-2-4-22(20)31)23(32)28-17-9-12-30(13-10-17)18-5-7-19(8-6-18)36(33,34)29-24-26-15-27-35-24;1-17(31-21-5-3-2-4-20(21)26-28-31)23(32)30-14-12-29(13-15-30)18-6-8-19(9-7-18)35(33,34)27-22-10-11-24-16-25-22;;;;;/h2-12,18,23H,13-17H2,1H3,(H,26,27,28);2-8,11,14-17H,9-10,12-13H2,1H3,(H,28,32)(H,26,27,29);2-11,16-17H,12-15H2,1H3,(H,24,25,27);5*1H/t;16-;;;;;;/m.1....../s1. The zero-order valence-electron chi connectivity index (χ0n) is 57.9. The quantitative estimate of drug-likeness (QED) is 0.0520. The number of piperazine rings is 2. The molecule has 106 heavy (non-hydrogen) atoms. The zero-order valence-corrected chi connectivity index (χ0v) is 61.1. The number of benzene rings is 6. The first kappa shape index (κ1) is 74.4. The summed E-state index contributed by atoms with van der Waals surface area (Å²) in [6.45, 7) is 11.3. The lowest BCUT2D eigenvalue weighted by atomic mass is 9.92. The van der Waals surface area contributed by atoms with E-state index in [-0.39, 0.29) is 80.4 Å². The summed E-state index contributed by atoms with van der Waals surface area (Å²) in [6, 6.07) is 45.6. The van der Waals surface area contributed by atoms with Crippen molar-refractivity contribution < 1.29 is 56.0 Å². The Morgan fingerprint density at radius 2 is 1.04 bits per heavy atom. The summed E-state index contributed by atoms with van der Waals surface area (Å²) < 4.78 is 104. The van der Waals surface area contributed by atoms with Crippen molar-refractivity contribution in [3.63, 3.8) is 0 Å². The molecule has 5 aromatic heterocycles. The summed E-state index contributed by atoms with van der Waals surface area (Å²) in [5, 5.41) is 12.2. The molecule has 4 N–H and O–H groups in total. The highest BCUT2D eigenvalue weighted by Crippen LogP contribution is 2.30. The first-order chi connectivity index (χ1) is 51.1. The highest BCUT2D eigenvalue weighted by atomic mass is 32.2. The topological polar surface area (TPSA) is 348 Å². The number of hydrogen-bond acceptors (Lipinski definition) is 22. The molecule has 14 rings (SSSR count). The molecule has 2 unspecified atom stereocenters. The molecule has 3 saturated heterocycles. The van der Waals surface area contributed by atoms with Crippen molar-refractivity contribution in [2.75, 3.05) is 94.3 Å². The second-order valence-electron chi connectivity index (χ2n) is 25.3. The Balaban J connectivity index is 0.000000226. The minimum Gasteiger partial charge on any atom is -0.371 e. The minimum atomic E-state index is -3.77. The van der Waals surface area contributed by atoms with E-state index < -0.39 is 48.1 Å². The predicted octanol–water partition coefficient (Wildman–Crippen LogP) is 9.63. The Morgan fingerprint density at radius 3 is 1.55 bits per heavy atom. The zero-order chi connectivity index (χ0) is 74.5. The molecule has 0 spiro atoms. The van der Waals surface area contributed by atoms with Crippen LogP contribution in [0.2, 0.25) is 0 Å². The summed E-state index contributed by atoms with van der Waals surface area (Å²) in [5.74, 6) is -0.540. The molecule has 11 aromatic rings. The molecule has 3 aliphatic rings. The van der Waals surface area contributed by atoms with E-state index in [4.69, 9.17) is 0 Å². The van der Waals surface area contributed by atoms with Gasteiger partial charge in [0.05, 0.1) is 31.6 Å². The smallest absolute Gasteiger partial charge is 0.263 e. The molecule has 29 nitrogen and oxygen atoms in total. The number of ketones is 1. The SMILES string of the molecule is CC(=O)CC(C(=O)N1CCN(c2ccc(S(=O)(=O)Nc3ccncn3)cc2)CC1)c1ccccc1.CC(C(=O)N1CCN(c2ccc(S(=O)(=O)Nc3ccncn3)cc2)CC1)n1nnc2ccccc21.C[C@H](C(=O)NC1CCN(c2ccc(S(=O)(=O)Nc3ncns3)cc2)CC1)n1ccc2c(F)cccc21.[HH].[HH].[HH].[HH].[HH]. The molecule has 3 aliphatic heterocycles. The number of halogens is 1. The molecule has 3 atom stereocenters. The molecule has 3 amide bonds. The molecule has 0 aliphatic carbocycles. The highest BCUT2D eigenvalue weighted by Gasteiger charge is 2.32. The van der Waals surface area contributed by atoms with Crippen LogP contribution in [0.15, 0.2) is 216 Å². The molecule has 0 radical (unpaired) electrons. The fourth-order valence-electron chi connectivity index (χ4n) is 12.7. The molecule has 0 bridgehead atoms. The number of hydrogen-bond donors (Lipinski definition) is 4. The lowest BCUT2D eigenvalue weighted by molar-refractivity contribution is -0.135. The monoisotopic (exact) mass is 1520 g/mol. The van der Waals surface area contributed by atoms with Crippen LogP contribution in [0.1, 0.15) is 70.7 Å². The number of fused-ring (bicyclic) bond motifs is 2. The van der Waals surface area contributed by atoms with Gasteiger partial charge >= 0.3 is 0 Å². The molecular weight excluding hydrogens is 1440 g/mol. The number of anilines is 6. The van der Waals surface area contributed by atoms with E-state index in [0.29, 0.717) is 63.3 Å². The maximum atomic E-state index is 14.0. The Labute approximate surface area is 623 Å². The summed E-state index contributed by atoms with van der Waals surface area (Å²) >= 11 is 0.970. The lowest BCUT2D eigenvalue weighted by Crippen LogP contribution is -2.50. The second kappa shape index (κ2) is 33.2. The minimum absolute atomic E-state index is 0. The van der Waals surface area contributed by atoms with Gasteiger partial charge in [-0.05, 0) is 154 Å². The summed E-state index contributed by atoms with van der Waals surface area (Å²) in [7, 11) is -11.2. The Morgan fingerprint density at radius 1 is 0.538 bits per heavy atom. The summed E-state index contributed by atoms with van der Waals surface area (Å²) in [5.41, 5.74) is 5.82. The molecule has 560 valence electrons. The number of piperidine rings is 1. The van der Waals surface area contributed by atoms with Crippen LogP contribution < -0.4 is 34.2 Å². The van der Waals surface area contributed by atoms with E-state index in [9.17, 15) is 48.8 Å². The number of Topliss-reactive ketones (excluding diaryl/α,β-unsaturated/α-hetero) is 1. The van der Waals surface area contributed by atoms with Gasteiger partial charge in [0.25, 0.3) is 30.1 Å². The van der Waals surface area contributed by atoms with Gasteiger partial charge in [0.1, 0.15) is 59.8 Å². The van der Waals surface area contributed by atoms with Gasteiger partial charge in [-0.15, -0.1) is 5.10 Å². The van der Waals surface area contributed by atoms with Gasteiger partial charge in [0, 0.05) is 138 Å². The van der Waals surface area contributed by atoms with Gasteiger partial charge in [0.2, 0.25) is 22.9 Å². The van der Waals surface area contributed by atoms with E-state index in [0.717, 1.165) is 71.1 Å². The average molecular weight is 1520 g/mol. The van der Waals surface area contributed by atoms with Crippen LogP contribution in [0.5, 0.6) is 0 Å². The van der Waals surface area contributed by atoms with Crippen LogP contribution in [-0.4, -0.2) is 179 Å². The van der Waals surface area contributed by atoms with E-state index in [1.165, 1.54) is 56.5 Å². The van der Waals surface area contributed by atoms with E-state index in [2.05, 4.69) is 73.8 Å². The largest absolute Gasteiger partial charge is 0.371 e. The van der Waals surface area contributed by atoms with Gasteiger partial charge in [0.15, 0.2) is 0 Å². The Kier molecular flexibility index (Phi) is 23.3. The van der Waals surface area contributed by atoms with Crippen molar-refractivity contribution in [1.82, 2.24) is 64.0 Å². The fourth-order valence-corrected chi connectivity index (χ4v) is 16.3.